The zero-order valence-corrected chi connectivity index (χ0v) is 18.0. The van der Waals surface area contributed by atoms with E-state index in [9.17, 15) is 0 Å². The molecule has 2 aromatic carbocycles. The van der Waals surface area contributed by atoms with Crippen molar-refractivity contribution >= 4 is 59.4 Å². The second-order valence-corrected chi connectivity index (χ2v) is 8.75. The van der Waals surface area contributed by atoms with Crippen molar-refractivity contribution < 1.29 is 0 Å². The van der Waals surface area contributed by atoms with Crippen LogP contribution in [0.1, 0.15) is 31.4 Å². The number of nitrogens with two attached hydrogens (primary N) is 2. The minimum Gasteiger partial charge on any atom is -0.399 e. The normalized spacial score (nSPS) is 13.0. The van der Waals surface area contributed by atoms with Crippen LogP contribution in [0.5, 0.6) is 0 Å². The van der Waals surface area contributed by atoms with E-state index in [2.05, 4.69) is 32.4 Å². The van der Waals surface area contributed by atoms with Crippen molar-refractivity contribution in [3.8, 4) is 0 Å². The van der Waals surface area contributed by atoms with Crippen LogP contribution in [0.4, 0.5) is 27.2 Å². The Hall–Kier alpha value is -3.01. The van der Waals surface area contributed by atoms with Crippen molar-refractivity contribution in [2.45, 2.75) is 25.8 Å². The topological polar surface area (TPSA) is 114 Å². The minimum absolute atomic E-state index is 0.0718. The van der Waals surface area contributed by atoms with Crippen LogP contribution in [0.15, 0.2) is 75.1 Å². The van der Waals surface area contributed by atoms with E-state index in [1.54, 1.807) is 12.1 Å². The summed E-state index contributed by atoms with van der Waals surface area (Å²) in [5, 5.41) is 18.5. The molecule has 0 amide bonds. The number of rotatable bonds is 7. The number of thiophene rings is 1. The van der Waals surface area contributed by atoms with Crippen LogP contribution in [0.2, 0.25) is 0 Å². The van der Waals surface area contributed by atoms with Gasteiger partial charge in [0.25, 0.3) is 0 Å². The standard InChI is InChI=1S/C21H21N7S2/c1-2-3-17(23)13-4-8-15(9-5-13)25-27-19-12-18-20(30-19)24-21(29-18)28-26-16-10-6-14(22)7-11-16/h4-12,17H,2-3,22-23H2,1H3. The molecule has 0 spiro atoms. The van der Waals surface area contributed by atoms with Gasteiger partial charge in [0.1, 0.15) is 9.83 Å². The van der Waals surface area contributed by atoms with Crippen LogP contribution in [-0.2, 0) is 0 Å². The number of azo groups is 2. The highest BCUT2D eigenvalue weighted by molar-refractivity contribution is 7.30. The van der Waals surface area contributed by atoms with Crippen LogP contribution < -0.4 is 11.5 Å². The number of aromatic nitrogens is 1. The quantitative estimate of drug-likeness (QED) is 0.230. The van der Waals surface area contributed by atoms with Crippen LogP contribution >= 0.6 is 22.7 Å². The molecule has 30 heavy (non-hydrogen) atoms. The van der Waals surface area contributed by atoms with Gasteiger partial charge in [-0.1, -0.05) is 48.2 Å². The number of benzene rings is 2. The SMILES string of the molecule is CCCC(N)c1ccc(N=Nc2cc3sc(N=Nc4ccc(N)cc4)nc3s2)cc1. The Morgan fingerprint density at radius 2 is 1.57 bits per heavy atom. The van der Waals surface area contributed by atoms with E-state index in [0.717, 1.165) is 44.3 Å². The Bertz CT molecular complexity index is 1140. The van der Waals surface area contributed by atoms with E-state index in [0.29, 0.717) is 10.8 Å². The van der Waals surface area contributed by atoms with E-state index >= 15 is 0 Å². The van der Waals surface area contributed by atoms with Crippen molar-refractivity contribution in [2.75, 3.05) is 5.73 Å². The zero-order chi connectivity index (χ0) is 20.9. The third kappa shape index (κ3) is 4.93. The van der Waals surface area contributed by atoms with Gasteiger partial charge in [0.2, 0.25) is 5.13 Å². The van der Waals surface area contributed by atoms with Gasteiger partial charge in [0.05, 0.1) is 16.1 Å². The summed E-state index contributed by atoms with van der Waals surface area (Å²) >= 11 is 2.95. The fourth-order valence-corrected chi connectivity index (χ4v) is 4.67. The highest BCUT2D eigenvalue weighted by Gasteiger charge is 2.08. The smallest absolute Gasteiger partial charge is 0.231 e. The third-order valence-electron chi connectivity index (χ3n) is 4.39. The first-order chi connectivity index (χ1) is 14.6. The monoisotopic (exact) mass is 435 g/mol. The number of hydrogen-bond donors (Lipinski definition) is 2. The molecule has 4 aromatic rings. The Kier molecular flexibility index (Phi) is 6.22. The summed E-state index contributed by atoms with van der Waals surface area (Å²) in [6.07, 6.45) is 2.04. The summed E-state index contributed by atoms with van der Waals surface area (Å²) in [4.78, 5) is 5.38. The number of nitrogen functional groups attached to an aromatic ring is 1. The molecular formula is C21H21N7S2. The first-order valence-electron chi connectivity index (χ1n) is 9.55. The van der Waals surface area contributed by atoms with Crippen molar-refractivity contribution in [2.24, 2.45) is 26.2 Å². The molecule has 7 nitrogen and oxygen atoms in total. The first-order valence-corrected chi connectivity index (χ1v) is 11.2. The van der Waals surface area contributed by atoms with E-state index in [4.69, 9.17) is 11.5 Å². The maximum atomic E-state index is 6.15. The molecule has 9 heteroatoms. The summed E-state index contributed by atoms with van der Waals surface area (Å²) in [6.45, 7) is 2.13. The molecule has 0 bridgehead atoms. The van der Waals surface area contributed by atoms with E-state index in [-0.39, 0.29) is 6.04 Å². The van der Waals surface area contributed by atoms with Crippen LogP contribution in [-0.4, -0.2) is 4.98 Å². The van der Waals surface area contributed by atoms with Gasteiger partial charge in [0.15, 0.2) is 0 Å². The molecule has 2 heterocycles. The van der Waals surface area contributed by atoms with Crippen molar-refractivity contribution in [3.05, 3.63) is 60.2 Å². The Morgan fingerprint density at radius 1 is 0.900 bits per heavy atom. The lowest BCUT2D eigenvalue weighted by atomic mass is 10.0. The largest absolute Gasteiger partial charge is 0.399 e. The summed E-state index contributed by atoms with van der Waals surface area (Å²) in [6, 6.07) is 17.2. The predicted octanol–water partition coefficient (Wildman–Crippen LogP) is 7.57. The summed E-state index contributed by atoms with van der Waals surface area (Å²) < 4.78 is 1.01. The highest BCUT2D eigenvalue weighted by Crippen LogP contribution is 2.39. The number of fused-ring (bicyclic) bond motifs is 1. The average molecular weight is 436 g/mol. The van der Waals surface area contributed by atoms with E-state index in [1.165, 1.54) is 22.7 Å². The Morgan fingerprint density at radius 3 is 2.23 bits per heavy atom. The molecular weight excluding hydrogens is 414 g/mol. The van der Waals surface area contributed by atoms with Gasteiger partial charge < -0.3 is 11.5 Å². The molecule has 2 aromatic heterocycles. The van der Waals surface area contributed by atoms with Crippen LogP contribution in [0.3, 0.4) is 0 Å². The zero-order valence-electron chi connectivity index (χ0n) is 16.4. The second kappa shape index (κ2) is 9.21. The molecule has 0 aliphatic carbocycles. The van der Waals surface area contributed by atoms with E-state index < -0.39 is 0 Å². The van der Waals surface area contributed by atoms with Gasteiger partial charge in [-0.2, -0.15) is 0 Å². The van der Waals surface area contributed by atoms with Gasteiger partial charge >= 0.3 is 0 Å². The summed E-state index contributed by atoms with van der Waals surface area (Å²) in [7, 11) is 0. The molecule has 1 unspecified atom stereocenters. The Labute approximate surface area is 182 Å². The lowest BCUT2D eigenvalue weighted by Gasteiger charge is -2.10. The fraction of sp³-hybridized carbons (Fsp3) is 0.190. The summed E-state index contributed by atoms with van der Waals surface area (Å²) in [5.41, 5.74) is 15.2. The molecule has 1 atom stereocenters. The van der Waals surface area contributed by atoms with Crippen LogP contribution in [0, 0.1) is 0 Å². The molecule has 0 saturated carbocycles. The van der Waals surface area contributed by atoms with Crippen molar-refractivity contribution in [1.29, 1.82) is 0 Å². The first kappa shape index (κ1) is 20.3. The van der Waals surface area contributed by atoms with Gasteiger partial charge in [-0.25, -0.2) is 4.98 Å². The molecule has 152 valence electrons. The maximum absolute atomic E-state index is 6.15. The summed E-state index contributed by atoms with van der Waals surface area (Å²) in [5.74, 6) is 0. The third-order valence-corrected chi connectivity index (χ3v) is 6.32. The number of anilines is 1. The molecule has 0 aliphatic heterocycles. The number of thiazole rings is 1. The maximum Gasteiger partial charge on any atom is 0.231 e. The lowest BCUT2D eigenvalue weighted by molar-refractivity contribution is 0.638. The molecule has 4 rings (SSSR count). The van der Waals surface area contributed by atoms with Gasteiger partial charge in [-0.15, -0.1) is 20.5 Å². The highest BCUT2D eigenvalue weighted by atomic mass is 32.1. The van der Waals surface area contributed by atoms with E-state index in [1.807, 2.05) is 42.5 Å². The average Bonchev–Trinajstić information content (AvgIpc) is 3.31. The number of hydrogen-bond acceptors (Lipinski definition) is 9. The molecule has 0 radical (unpaired) electrons. The van der Waals surface area contributed by atoms with Crippen molar-refractivity contribution in [1.82, 2.24) is 4.98 Å². The van der Waals surface area contributed by atoms with Gasteiger partial charge in [-0.3, -0.25) is 0 Å². The lowest BCUT2D eigenvalue weighted by Crippen LogP contribution is -2.09. The van der Waals surface area contributed by atoms with Gasteiger partial charge in [0, 0.05) is 11.7 Å². The van der Waals surface area contributed by atoms with Gasteiger partial charge in [-0.05, 0) is 54.4 Å². The van der Waals surface area contributed by atoms with Crippen LogP contribution in [0.25, 0.3) is 9.53 Å². The fourth-order valence-electron chi connectivity index (χ4n) is 2.82. The van der Waals surface area contributed by atoms with Crippen molar-refractivity contribution in [3.63, 3.8) is 0 Å². The molecule has 0 aliphatic rings. The molecule has 0 saturated heterocycles. The molecule has 4 N–H and O–H groups in total. The Balaban J connectivity index is 1.43. The predicted molar refractivity (Wildman–Crippen MR) is 125 cm³/mol. The second-order valence-electron chi connectivity index (χ2n) is 6.73. The minimum atomic E-state index is 0.0718. The number of nitrogens with zero attached hydrogens (tertiary/aromatic N) is 5. The molecule has 0 fully saturated rings.